The van der Waals surface area contributed by atoms with Gasteiger partial charge in [0.2, 0.25) is 0 Å². The van der Waals surface area contributed by atoms with E-state index in [0.717, 1.165) is 6.42 Å². The zero-order valence-corrected chi connectivity index (χ0v) is 13.4. The number of benzene rings is 2. The molecule has 1 aliphatic heterocycles. The van der Waals surface area contributed by atoms with Crippen LogP contribution >= 0.6 is 0 Å². The average molecular weight is 281 g/mol. The highest BCUT2D eigenvalue weighted by atomic mass is 15.2. The Morgan fingerprint density at radius 2 is 2.00 bits per heavy atom. The summed E-state index contributed by atoms with van der Waals surface area (Å²) in [5.74, 6) is 1.07. The van der Waals surface area contributed by atoms with E-state index in [1.54, 1.807) is 0 Å². The summed E-state index contributed by atoms with van der Waals surface area (Å²) < 4.78 is 7.96. The summed E-state index contributed by atoms with van der Waals surface area (Å²) in [7, 11) is 0. The fraction of sp³-hybridized carbons (Fsp3) is 0.400. The monoisotopic (exact) mass is 281 g/mol. The van der Waals surface area contributed by atoms with Crippen LogP contribution in [0.3, 0.4) is 0 Å². The first kappa shape index (κ1) is 12.9. The Balaban J connectivity index is 2.07. The second kappa shape index (κ2) is 5.55. The number of nitrogens with zero attached hydrogens (tertiary/aromatic N) is 1. The molecular weight excluding hydrogens is 254 g/mol. The van der Waals surface area contributed by atoms with Crippen LogP contribution in [0.2, 0.25) is 0 Å². The van der Waals surface area contributed by atoms with Gasteiger partial charge < -0.3 is 4.90 Å². The van der Waals surface area contributed by atoms with E-state index in [-0.39, 0.29) is 0 Å². The summed E-state index contributed by atoms with van der Waals surface area (Å²) in [6.45, 7) is 9.08. The van der Waals surface area contributed by atoms with Crippen LogP contribution in [0.25, 0.3) is 0 Å². The molecule has 0 amide bonds. The van der Waals surface area contributed by atoms with Crippen molar-refractivity contribution < 1.29 is 1.37 Å². The molecule has 1 nitrogen and oxygen atoms in total. The molecule has 0 N–H and O–H groups in total. The zero-order chi connectivity index (χ0) is 15.9. The highest BCUT2D eigenvalue weighted by Gasteiger charge is 2.33. The number of hydrogen-bond donors (Lipinski definition) is 0. The van der Waals surface area contributed by atoms with Crippen molar-refractivity contribution in [1.82, 2.24) is 0 Å². The van der Waals surface area contributed by atoms with Crippen molar-refractivity contribution in [1.29, 1.82) is 0 Å². The van der Waals surface area contributed by atoms with Crippen molar-refractivity contribution in [2.45, 2.75) is 52.0 Å². The van der Waals surface area contributed by atoms with Gasteiger partial charge in [0.15, 0.2) is 0 Å². The zero-order valence-electron chi connectivity index (χ0n) is 14.4. The SMILES string of the molecule is [3H]c1ccc2c(c1)N(c1cccc([C@H](C)CC)c1)[C@@H](C)[C@H]2C. The fourth-order valence-electron chi connectivity index (χ4n) is 3.32. The Bertz CT molecular complexity index is 679. The molecule has 0 aromatic heterocycles. The maximum Gasteiger partial charge on any atom is 0.0623 e. The number of hydrogen-bond acceptors (Lipinski definition) is 1. The molecule has 0 spiro atoms. The molecular formula is C20H25N. The summed E-state index contributed by atoms with van der Waals surface area (Å²) in [6.07, 6.45) is 1.16. The maximum absolute atomic E-state index is 7.96. The van der Waals surface area contributed by atoms with Gasteiger partial charge >= 0.3 is 0 Å². The fourth-order valence-corrected chi connectivity index (χ4v) is 3.32. The lowest BCUT2D eigenvalue weighted by atomic mass is 9.97. The van der Waals surface area contributed by atoms with E-state index in [2.05, 4.69) is 62.9 Å². The van der Waals surface area contributed by atoms with Crippen LogP contribution < -0.4 is 4.90 Å². The molecule has 0 radical (unpaired) electrons. The predicted octanol–water partition coefficient (Wildman–Crippen LogP) is 5.84. The van der Waals surface area contributed by atoms with Gasteiger partial charge in [-0.2, -0.15) is 0 Å². The van der Waals surface area contributed by atoms with E-state index in [1.807, 2.05) is 12.1 Å². The maximum atomic E-state index is 7.96. The molecule has 0 fully saturated rings. The van der Waals surface area contributed by atoms with Crippen molar-refractivity contribution in [3.8, 4) is 0 Å². The third-order valence-electron chi connectivity index (χ3n) is 5.09. The average Bonchev–Trinajstić information content (AvgIpc) is 2.77. The van der Waals surface area contributed by atoms with Crippen LogP contribution in [0.15, 0.2) is 48.5 Å². The molecule has 1 aliphatic rings. The third-order valence-corrected chi connectivity index (χ3v) is 5.09. The van der Waals surface area contributed by atoms with Gasteiger partial charge in [0, 0.05) is 23.3 Å². The van der Waals surface area contributed by atoms with Crippen LogP contribution in [-0.2, 0) is 0 Å². The van der Waals surface area contributed by atoms with E-state index < -0.39 is 0 Å². The number of anilines is 2. The summed E-state index contributed by atoms with van der Waals surface area (Å²) in [6, 6.07) is 15.9. The second-order valence-corrected chi connectivity index (χ2v) is 6.29. The van der Waals surface area contributed by atoms with Crippen LogP contribution in [0, 0.1) is 0 Å². The van der Waals surface area contributed by atoms with E-state index in [4.69, 9.17) is 1.37 Å². The summed E-state index contributed by atoms with van der Waals surface area (Å²) in [5.41, 5.74) is 5.21. The molecule has 21 heavy (non-hydrogen) atoms. The van der Waals surface area contributed by atoms with Gasteiger partial charge in [-0.3, -0.25) is 0 Å². The molecule has 1 heteroatoms. The Labute approximate surface area is 130 Å². The number of para-hydroxylation sites is 1. The molecule has 1 heterocycles. The minimum absolute atomic E-state index is 0.420. The minimum atomic E-state index is 0.420. The summed E-state index contributed by atoms with van der Waals surface area (Å²) in [5, 5.41) is 0. The van der Waals surface area contributed by atoms with Crippen molar-refractivity contribution in [3.63, 3.8) is 0 Å². The van der Waals surface area contributed by atoms with Crippen molar-refractivity contribution in [2.24, 2.45) is 0 Å². The highest BCUT2D eigenvalue weighted by Crippen LogP contribution is 2.45. The van der Waals surface area contributed by atoms with Gasteiger partial charge in [0.1, 0.15) is 0 Å². The van der Waals surface area contributed by atoms with Gasteiger partial charge in [-0.25, -0.2) is 0 Å². The van der Waals surface area contributed by atoms with Crippen molar-refractivity contribution in [3.05, 3.63) is 59.6 Å². The lowest BCUT2D eigenvalue weighted by Gasteiger charge is -2.27. The van der Waals surface area contributed by atoms with Gasteiger partial charge in [0.05, 0.1) is 1.37 Å². The van der Waals surface area contributed by atoms with Crippen molar-refractivity contribution >= 4 is 11.4 Å². The third kappa shape index (κ3) is 2.35. The molecule has 110 valence electrons. The first-order valence-electron chi connectivity index (χ1n) is 8.52. The van der Waals surface area contributed by atoms with E-state index in [0.29, 0.717) is 23.9 Å². The number of rotatable bonds is 3. The molecule has 0 saturated heterocycles. The van der Waals surface area contributed by atoms with Crippen LogP contribution in [0.1, 0.15) is 58.4 Å². The Kier molecular flexibility index (Phi) is 3.42. The molecule has 2 aromatic rings. The summed E-state index contributed by atoms with van der Waals surface area (Å²) in [4.78, 5) is 2.41. The first-order valence-corrected chi connectivity index (χ1v) is 8.02. The predicted molar refractivity (Wildman–Crippen MR) is 91.6 cm³/mol. The van der Waals surface area contributed by atoms with Gasteiger partial charge in [-0.05, 0) is 48.6 Å². The van der Waals surface area contributed by atoms with Gasteiger partial charge in [0.25, 0.3) is 0 Å². The second-order valence-electron chi connectivity index (χ2n) is 6.29. The Hall–Kier alpha value is -1.76. The Morgan fingerprint density at radius 1 is 1.19 bits per heavy atom. The molecule has 2 aromatic carbocycles. The van der Waals surface area contributed by atoms with Crippen LogP contribution in [0.4, 0.5) is 11.4 Å². The lowest BCUT2D eigenvalue weighted by molar-refractivity contribution is 0.641. The Morgan fingerprint density at radius 3 is 2.76 bits per heavy atom. The quantitative estimate of drug-likeness (QED) is 0.682. The van der Waals surface area contributed by atoms with Crippen LogP contribution in [-0.4, -0.2) is 6.04 Å². The van der Waals surface area contributed by atoms with Crippen LogP contribution in [0.5, 0.6) is 0 Å². The molecule has 0 bridgehead atoms. The smallest absolute Gasteiger partial charge is 0.0623 e. The largest absolute Gasteiger partial charge is 0.338 e. The van der Waals surface area contributed by atoms with E-state index >= 15 is 0 Å². The summed E-state index contributed by atoms with van der Waals surface area (Å²) >= 11 is 0. The van der Waals surface area contributed by atoms with Gasteiger partial charge in [-0.1, -0.05) is 51.1 Å². The number of fused-ring (bicyclic) bond motifs is 1. The van der Waals surface area contributed by atoms with Gasteiger partial charge in [-0.15, -0.1) is 0 Å². The normalized spacial score (nSPS) is 22.9. The molecule has 3 rings (SSSR count). The molecule has 3 atom stereocenters. The molecule has 0 unspecified atom stereocenters. The standard InChI is InChI=1S/C20H25N/c1-5-14(2)17-9-8-10-18(13-17)21-16(4)15(3)19-11-6-7-12-20(19)21/h6-16H,5H2,1-4H3/t14-,15-,16+/m1/s1/i7T. The molecule has 0 saturated carbocycles. The highest BCUT2D eigenvalue weighted by molar-refractivity contribution is 5.72. The molecule has 0 aliphatic carbocycles. The first-order chi connectivity index (χ1) is 10.5. The van der Waals surface area contributed by atoms with E-state index in [1.165, 1.54) is 22.5 Å². The lowest BCUT2D eigenvalue weighted by Crippen LogP contribution is -2.25. The van der Waals surface area contributed by atoms with Crippen molar-refractivity contribution in [2.75, 3.05) is 4.90 Å². The topological polar surface area (TPSA) is 3.24 Å². The minimum Gasteiger partial charge on any atom is -0.338 e. The van der Waals surface area contributed by atoms with E-state index in [9.17, 15) is 0 Å².